The van der Waals surface area contributed by atoms with Gasteiger partial charge >= 0.3 is 5.97 Å². The summed E-state index contributed by atoms with van der Waals surface area (Å²) in [7, 11) is 0. The van der Waals surface area contributed by atoms with Crippen molar-refractivity contribution in [2.75, 3.05) is 0 Å². The van der Waals surface area contributed by atoms with Gasteiger partial charge in [0.25, 0.3) is 5.91 Å². The summed E-state index contributed by atoms with van der Waals surface area (Å²) in [5, 5.41) is 15.6. The van der Waals surface area contributed by atoms with Gasteiger partial charge in [-0.15, -0.1) is 0 Å². The maximum atomic E-state index is 12.8. The molecule has 0 aliphatic rings. The summed E-state index contributed by atoms with van der Waals surface area (Å²) in [5.74, 6) is -3.13. The molecule has 0 heterocycles. The molecule has 0 aromatic heterocycles. The van der Waals surface area contributed by atoms with E-state index in [9.17, 15) is 24.0 Å². The van der Waals surface area contributed by atoms with Gasteiger partial charge in [-0.3, -0.25) is 19.2 Å². The van der Waals surface area contributed by atoms with Crippen LogP contribution in [0.4, 0.5) is 0 Å². The largest absolute Gasteiger partial charge is 0.481 e. The van der Waals surface area contributed by atoms with E-state index < -0.39 is 42.1 Å². The van der Waals surface area contributed by atoms with Gasteiger partial charge in [0.15, 0.2) is 5.78 Å². The predicted molar refractivity (Wildman–Crippen MR) is 119 cm³/mol. The molecule has 8 nitrogen and oxygen atoms in total. The number of ketones is 1. The number of hydrogen-bond donors (Lipinski definition) is 3. The summed E-state index contributed by atoms with van der Waals surface area (Å²) < 4.78 is 0. The highest BCUT2D eigenvalue weighted by Gasteiger charge is 2.24. The Labute approximate surface area is 185 Å². The lowest BCUT2D eigenvalue weighted by Crippen LogP contribution is -2.44. The number of hydrogen-bond acceptors (Lipinski definition) is 5. The van der Waals surface area contributed by atoms with E-state index in [4.69, 9.17) is 5.11 Å². The number of amides is 2. The summed E-state index contributed by atoms with van der Waals surface area (Å²) in [6.07, 6.45) is 0.845. The normalized spacial score (nSPS) is 13.3. The number of nitrogens with one attached hydrogen (secondary N) is 2. The van der Waals surface area contributed by atoms with E-state index in [0.717, 1.165) is 16.8 Å². The van der Waals surface area contributed by atoms with Crippen molar-refractivity contribution in [2.24, 2.45) is 5.92 Å². The molecule has 2 aromatic rings. The van der Waals surface area contributed by atoms with Gasteiger partial charge < -0.3 is 20.5 Å². The zero-order chi connectivity index (χ0) is 23.8. The molecule has 0 radical (unpaired) electrons. The van der Waals surface area contributed by atoms with Gasteiger partial charge in [0.05, 0.1) is 18.5 Å². The van der Waals surface area contributed by atoms with E-state index >= 15 is 0 Å². The minimum atomic E-state index is -1.24. The Morgan fingerprint density at radius 3 is 2.25 bits per heavy atom. The molecule has 2 amide bonds. The van der Waals surface area contributed by atoms with Crippen molar-refractivity contribution in [3.05, 3.63) is 59.7 Å². The monoisotopic (exact) mass is 438 g/mol. The highest BCUT2D eigenvalue weighted by molar-refractivity contribution is 6.06. The van der Waals surface area contributed by atoms with Crippen LogP contribution in [-0.4, -0.2) is 47.0 Å². The van der Waals surface area contributed by atoms with Crippen molar-refractivity contribution in [1.29, 1.82) is 0 Å². The zero-order valence-corrected chi connectivity index (χ0v) is 18.1. The van der Waals surface area contributed by atoms with Crippen molar-refractivity contribution in [3.63, 3.8) is 0 Å². The number of carboxylic acids is 1. The smallest absolute Gasteiger partial charge is 0.305 e. The first-order chi connectivity index (χ1) is 15.1. The van der Waals surface area contributed by atoms with E-state index in [1.165, 1.54) is 6.92 Å². The topological polar surface area (TPSA) is 130 Å². The Kier molecular flexibility index (Phi) is 8.40. The van der Waals surface area contributed by atoms with Gasteiger partial charge in [-0.2, -0.15) is 0 Å². The van der Waals surface area contributed by atoms with Gasteiger partial charge in [0, 0.05) is 11.1 Å². The van der Waals surface area contributed by atoms with Crippen LogP contribution in [0.2, 0.25) is 0 Å². The minimum absolute atomic E-state index is 0.00200. The summed E-state index contributed by atoms with van der Waals surface area (Å²) in [5.41, 5.74) is 0.404. The minimum Gasteiger partial charge on any atom is -0.481 e. The molecular weight excluding hydrogens is 412 g/mol. The van der Waals surface area contributed by atoms with Crippen LogP contribution in [0.3, 0.4) is 0 Å². The third-order valence-electron chi connectivity index (χ3n) is 4.86. The van der Waals surface area contributed by atoms with E-state index in [-0.39, 0.29) is 11.5 Å². The Hall–Kier alpha value is -3.81. The molecule has 0 saturated heterocycles. The Morgan fingerprint density at radius 2 is 1.66 bits per heavy atom. The maximum Gasteiger partial charge on any atom is 0.305 e. The third kappa shape index (κ3) is 6.60. The molecule has 8 heteroatoms. The lowest BCUT2D eigenvalue weighted by atomic mass is 9.97. The van der Waals surface area contributed by atoms with Crippen LogP contribution >= 0.6 is 0 Å². The first-order valence-electron chi connectivity index (χ1n) is 10.1. The first kappa shape index (κ1) is 24.5. The number of fused-ring (bicyclic) bond motifs is 1. The summed E-state index contributed by atoms with van der Waals surface area (Å²) in [6.45, 7) is 4.90. The number of aliphatic carboxylic acids is 1. The summed E-state index contributed by atoms with van der Waals surface area (Å²) in [4.78, 5) is 59.4. The van der Waals surface area contributed by atoms with Gasteiger partial charge in [0.1, 0.15) is 6.29 Å². The molecule has 2 atom stereocenters. The molecule has 0 bridgehead atoms. The number of benzene rings is 2. The third-order valence-corrected chi connectivity index (χ3v) is 4.86. The van der Waals surface area contributed by atoms with Gasteiger partial charge in [-0.1, -0.05) is 44.2 Å². The van der Waals surface area contributed by atoms with E-state index in [2.05, 4.69) is 10.6 Å². The molecule has 168 valence electrons. The van der Waals surface area contributed by atoms with Gasteiger partial charge in [-0.25, -0.2) is 0 Å². The Morgan fingerprint density at radius 1 is 1.00 bits per heavy atom. The zero-order valence-electron chi connectivity index (χ0n) is 18.1. The fourth-order valence-corrected chi connectivity index (χ4v) is 3.09. The number of rotatable bonds is 10. The molecule has 0 spiro atoms. The average Bonchev–Trinajstić information content (AvgIpc) is 2.75. The van der Waals surface area contributed by atoms with Crippen molar-refractivity contribution in [2.45, 2.75) is 39.3 Å². The molecule has 1 unspecified atom stereocenters. The number of carboxylic acid groups (broad SMARTS) is 1. The lowest BCUT2D eigenvalue weighted by Gasteiger charge is -2.20. The maximum absolute atomic E-state index is 12.8. The average molecular weight is 438 g/mol. The van der Waals surface area contributed by atoms with Crippen LogP contribution in [0.1, 0.15) is 37.6 Å². The molecule has 0 aliphatic carbocycles. The second kappa shape index (κ2) is 11.0. The fraction of sp³-hybridized carbons (Fsp3) is 0.292. The second-order valence-electron chi connectivity index (χ2n) is 7.80. The molecule has 2 aromatic carbocycles. The predicted octanol–water partition coefficient (Wildman–Crippen LogP) is 2.27. The Bertz CT molecular complexity index is 1070. The first-order valence-corrected chi connectivity index (χ1v) is 10.1. The second-order valence-corrected chi connectivity index (χ2v) is 7.80. The van der Waals surface area contributed by atoms with E-state index in [0.29, 0.717) is 11.8 Å². The Balaban J connectivity index is 2.13. The molecule has 0 aliphatic heterocycles. The van der Waals surface area contributed by atoms with Crippen LogP contribution in [0.25, 0.3) is 10.8 Å². The molecule has 0 fully saturated rings. The van der Waals surface area contributed by atoms with Crippen molar-refractivity contribution < 1.29 is 29.1 Å². The van der Waals surface area contributed by atoms with E-state index in [1.807, 2.05) is 30.3 Å². The standard InChI is InChI=1S/C24H26N2O6/c1-14(2)22(20(28)10-15(3)23(31)25-19(13-27)12-21(29)30)26-24(32)18-9-8-16-6-4-5-7-17(16)11-18/h4-11,13-14,19,22H,12H2,1-3H3,(H,25,31)(H,26,32)(H,29,30)/b15-10+/t19-,22?/m0/s1. The lowest BCUT2D eigenvalue weighted by molar-refractivity contribution is -0.138. The highest BCUT2D eigenvalue weighted by atomic mass is 16.4. The number of aldehydes is 1. The number of carbonyl (C=O) groups excluding carboxylic acids is 4. The SMILES string of the molecule is C/C(=C\C(=O)C(NC(=O)c1ccc2ccccc2c1)C(C)C)C(=O)N[C@H](C=O)CC(=O)O. The fourth-order valence-electron chi connectivity index (χ4n) is 3.09. The summed E-state index contributed by atoms with van der Waals surface area (Å²) >= 11 is 0. The van der Waals surface area contributed by atoms with Crippen LogP contribution in [-0.2, 0) is 19.2 Å². The van der Waals surface area contributed by atoms with E-state index in [1.54, 1.807) is 26.0 Å². The molecule has 32 heavy (non-hydrogen) atoms. The quantitative estimate of drug-likeness (QED) is 0.385. The van der Waals surface area contributed by atoms with Crippen LogP contribution in [0.5, 0.6) is 0 Å². The van der Waals surface area contributed by atoms with Crippen molar-refractivity contribution in [3.8, 4) is 0 Å². The van der Waals surface area contributed by atoms with Crippen molar-refractivity contribution in [1.82, 2.24) is 10.6 Å². The molecule has 2 rings (SSSR count). The highest BCUT2D eigenvalue weighted by Crippen LogP contribution is 2.16. The summed E-state index contributed by atoms with van der Waals surface area (Å²) in [6, 6.07) is 10.8. The van der Waals surface area contributed by atoms with Gasteiger partial charge in [-0.05, 0) is 41.8 Å². The number of carbonyl (C=O) groups is 5. The molecule has 0 saturated carbocycles. The van der Waals surface area contributed by atoms with Gasteiger partial charge in [0.2, 0.25) is 5.91 Å². The van der Waals surface area contributed by atoms with Crippen LogP contribution in [0, 0.1) is 5.92 Å². The van der Waals surface area contributed by atoms with Crippen LogP contribution < -0.4 is 10.6 Å². The van der Waals surface area contributed by atoms with Crippen molar-refractivity contribution >= 4 is 40.6 Å². The molecular formula is C24H26N2O6. The van der Waals surface area contributed by atoms with Crippen LogP contribution in [0.15, 0.2) is 54.1 Å². The molecule has 3 N–H and O–H groups in total.